The number of carbonyl (C=O) groups excluding carboxylic acids is 1. The van der Waals surface area contributed by atoms with E-state index >= 15 is 0 Å². The Bertz CT molecular complexity index is 1070. The first kappa shape index (κ1) is 21.5. The fraction of sp³-hybridized carbons (Fsp3) is 0.375. The van der Waals surface area contributed by atoms with Crippen LogP contribution in [-0.4, -0.2) is 46.0 Å². The summed E-state index contributed by atoms with van der Waals surface area (Å²) < 4.78 is 1.47. The Morgan fingerprint density at radius 3 is 2.87 bits per heavy atom. The van der Waals surface area contributed by atoms with Gasteiger partial charge in [-0.3, -0.25) is 14.2 Å². The van der Waals surface area contributed by atoms with Crippen LogP contribution in [-0.2, 0) is 6.42 Å². The van der Waals surface area contributed by atoms with Gasteiger partial charge in [0.05, 0.1) is 5.56 Å². The highest BCUT2D eigenvalue weighted by atomic mass is 32.1. The number of hydrogen-bond acceptors (Lipinski definition) is 5. The molecule has 1 amide bonds. The normalized spacial score (nSPS) is 16.9. The van der Waals surface area contributed by atoms with Crippen molar-refractivity contribution < 1.29 is 4.79 Å². The van der Waals surface area contributed by atoms with Crippen molar-refractivity contribution in [3.8, 4) is 5.13 Å². The number of carbonyl (C=O) groups is 1. The minimum Gasteiger partial charge on any atom is -0.348 e. The quantitative estimate of drug-likeness (QED) is 0.616. The lowest BCUT2D eigenvalue weighted by Crippen LogP contribution is -2.47. The minimum atomic E-state index is -0.191. The van der Waals surface area contributed by atoms with Crippen LogP contribution in [0.25, 0.3) is 5.13 Å². The SMILES string of the molecule is CCCN1CCCC(NC(=O)c2ccc(=O)n(-c3ncc(Cc4ccccc4)s3)c2)C1. The summed E-state index contributed by atoms with van der Waals surface area (Å²) in [6.45, 7) is 5.22. The Morgan fingerprint density at radius 1 is 1.23 bits per heavy atom. The maximum atomic E-state index is 12.9. The summed E-state index contributed by atoms with van der Waals surface area (Å²) >= 11 is 1.47. The highest BCUT2D eigenvalue weighted by Crippen LogP contribution is 2.20. The number of rotatable bonds is 7. The summed E-state index contributed by atoms with van der Waals surface area (Å²) in [5, 5.41) is 3.73. The van der Waals surface area contributed by atoms with Crippen molar-refractivity contribution in [3.63, 3.8) is 0 Å². The number of nitrogens with zero attached hydrogens (tertiary/aromatic N) is 3. The van der Waals surface area contributed by atoms with E-state index in [0.717, 1.165) is 50.2 Å². The third-order valence-electron chi connectivity index (χ3n) is 5.52. The van der Waals surface area contributed by atoms with Gasteiger partial charge in [0.15, 0.2) is 5.13 Å². The highest BCUT2D eigenvalue weighted by Gasteiger charge is 2.21. The fourth-order valence-electron chi connectivity index (χ4n) is 4.02. The molecule has 31 heavy (non-hydrogen) atoms. The van der Waals surface area contributed by atoms with Crippen molar-refractivity contribution >= 4 is 17.2 Å². The van der Waals surface area contributed by atoms with Gasteiger partial charge in [0.2, 0.25) is 0 Å². The van der Waals surface area contributed by atoms with E-state index in [4.69, 9.17) is 0 Å². The second-order valence-corrected chi connectivity index (χ2v) is 9.10. The third kappa shape index (κ3) is 5.48. The number of pyridine rings is 1. The summed E-state index contributed by atoms with van der Waals surface area (Å²) in [5.41, 5.74) is 1.48. The molecule has 0 saturated carbocycles. The summed E-state index contributed by atoms with van der Waals surface area (Å²) in [5.74, 6) is -0.141. The van der Waals surface area contributed by atoms with Crippen LogP contribution >= 0.6 is 11.3 Å². The Labute approximate surface area is 186 Å². The molecule has 3 aromatic rings. The van der Waals surface area contributed by atoms with Crippen LogP contribution in [0.15, 0.2) is 59.7 Å². The molecule has 6 nitrogen and oxygen atoms in total. The van der Waals surface area contributed by atoms with E-state index in [1.807, 2.05) is 18.2 Å². The van der Waals surface area contributed by atoms with E-state index in [2.05, 4.69) is 34.3 Å². The molecule has 0 spiro atoms. The third-order valence-corrected chi connectivity index (χ3v) is 6.52. The second-order valence-electron chi connectivity index (χ2n) is 8.01. The number of thiazole rings is 1. The predicted octanol–water partition coefficient (Wildman–Crippen LogP) is 3.49. The fourth-order valence-corrected chi connectivity index (χ4v) is 4.94. The number of likely N-dealkylation sites (tertiary alicyclic amines) is 1. The molecule has 1 N–H and O–H groups in total. The first-order valence-corrected chi connectivity index (χ1v) is 11.7. The van der Waals surface area contributed by atoms with Crippen LogP contribution in [0.2, 0.25) is 0 Å². The zero-order valence-electron chi connectivity index (χ0n) is 17.8. The zero-order valence-corrected chi connectivity index (χ0v) is 18.6. The van der Waals surface area contributed by atoms with Gasteiger partial charge in [-0.05, 0) is 44.0 Å². The van der Waals surface area contributed by atoms with Gasteiger partial charge in [-0.2, -0.15) is 0 Å². The van der Waals surface area contributed by atoms with Crippen molar-refractivity contribution in [2.75, 3.05) is 19.6 Å². The lowest BCUT2D eigenvalue weighted by atomic mass is 10.0. The Morgan fingerprint density at radius 2 is 2.06 bits per heavy atom. The molecule has 1 unspecified atom stereocenters. The van der Waals surface area contributed by atoms with Crippen molar-refractivity contribution in [2.24, 2.45) is 0 Å². The van der Waals surface area contributed by atoms with Crippen LogP contribution in [0.4, 0.5) is 0 Å². The van der Waals surface area contributed by atoms with E-state index in [1.54, 1.807) is 18.5 Å². The van der Waals surface area contributed by atoms with E-state index in [0.29, 0.717) is 10.7 Å². The van der Waals surface area contributed by atoms with Gasteiger partial charge in [-0.15, -0.1) is 11.3 Å². The van der Waals surface area contributed by atoms with E-state index in [9.17, 15) is 9.59 Å². The number of hydrogen-bond donors (Lipinski definition) is 1. The number of nitrogens with one attached hydrogen (secondary N) is 1. The number of amides is 1. The molecule has 4 rings (SSSR count). The summed E-state index contributed by atoms with van der Waals surface area (Å²) in [4.78, 5) is 33.2. The maximum Gasteiger partial charge on any atom is 0.256 e. The Hall–Kier alpha value is -2.77. The zero-order chi connectivity index (χ0) is 21.6. The molecule has 1 aliphatic heterocycles. The van der Waals surface area contributed by atoms with E-state index in [-0.39, 0.29) is 17.5 Å². The lowest BCUT2D eigenvalue weighted by Gasteiger charge is -2.32. The van der Waals surface area contributed by atoms with Crippen LogP contribution in [0.5, 0.6) is 0 Å². The van der Waals surface area contributed by atoms with Crippen LogP contribution in [0.3, 0.4) is 0 Å². The van der Waals surface area contributed by atoms with Crippen molar-refractivity contribution in [2.45, 2.75) is 38.6 Å². The molecular formula is C24H28N4O2S. The predicted molar refractivity (Wildman–Crippen MR) is 124 cm³/mol. The molecule has 0 bridgehead atoms. The molecule has 1 saturated heterocycles. The monoisotopic (exact) mass is 436 g/mol. The first-order valence-electron chi connectivity index (χ1n) is 10.9. The first-order chi connectivity index (χ1) is 15.1. The Kier molecular flexibility index (Phi) is 6.94. The average Bonchev–Trinajstić information content (AvgIpc) is 3.23. The maximum absolute atomic E-state index is 12.9. The van der Waals surface area contributed by atoms with Gasteiger partial charge >= 0.3 is 0 Å². The molecule has 7 heteroatoms. The number of piperidine rings is 1. The largest absolute Gasteiger partial charge is 0.348 e. The second kappa shape index (κ2) is 10.0. The molecule has 1 atom stereocenters. The smallest absolute Gasteiger partial charge is 0.256 e. The van der Waals surface area contributed by atoms with Gasteiger partial charge in [-0.25, -0.2) is 4.98 Å². The van der Waals surface area contributed by atoms with Crippen LogP contribution in [0.1, 0.15) is 47.0 Å². The summed E-state index contributed by atoms with van der Waals surface area (Å²) in [6.07, 6.45) is 7.37. The molecule has 2 aromatic heterocycles. The molecule has 1 fully saturated rings. The molecule has 3 heterocycles. The van der Waals surface area contributed by atoms with Gasteiger partial charge < -0.3 is 10.2 Å². The minimum absolute atomic E-state index is 0.141. The molecular weight excluding hydrogens is 408 g/mol. The highest BCUT2D eigenvalue weighted by molar-refractivity contribution is 7.14. The van der Waals surface area contributed by atoms with Gasteiger partial charge in [-0.1, -0.05) is 37.3 Å². The number of benzene rings is 1. The van der Waals surface area contributed by atoms with Gasteiger partial charge in [0, 0.05) is 42.3 Å². The molecule has 162 valence electrons. The number of aromatic nitrogens is 2. The summed E-state index contributed by atoms with van der Waals surface area (Å²) in [7, 11) is 0. The lowest BCUT2D eigenvalue weighted by molar-refractivity contribution is 0.0903. The van der Waals surface area contributed by atoms with E-state index in [1.165, 1.54) is 27.5 Å². The van der Waals surface area contributed by atoms with Crippen LogP contribution in [0, 0.1) is 0 Å². The van der Waals surface area contributed by atoms with E-state index < -0.39 is 0 Å². The van der Waals surface area contributed by atoms with Crippen LogP contribution < -0.4 is 10.9 Å². The summed E-state index contributed by atoms with van der Waals surface area (Å²) in [6, 6.07) is 13.3. The molecule has 0 radical (unpaired) electrons. The molecule has 0 aliphatic carbocycles. The average molecular weight is 437 g/mol. The van der Waals surface area contributed by atoms with Crippen molar-refractivity contribution in [3.05, 3.63) is 81.2 Å². The topological polar surface area (TPSA) is 67.2 Å². The van der Waals surface area contributed by atoms with Gasteiger partial charge in [0.1, 0.15) is 0 Å². The van der Waals surface area contributed by atoms with Crippen molar-refractivity contribution in [1.29, 1.82) is 0 Å². The standard InChI is InChI=1S/C24H28N4O2S/c1-2-12-27-13-6-9-20(17-27)26-23(30)19-10-11-22(29)28(16-19)24-25-15-21(31-24)14-18-7-4-3-5-8-18/h3-5,7-8,10-11,15-16,20H,2,6,9,12-14,17H2,1H3,(H,26,30). The molecule has 1 aromatic carbocycles. The Balaban J connectivity index is 1.47. The van der Waals surface area contributed by atoms with Gasteiger partial charge in [0.25, 0.3) is 11.5 Å². The van der Waals surface area contributed by atoms with Crippen molar-refractivity contribution in [1.82, 2.24) is 19.8 Å². The molecule has 1 aliphatic rings.